The molecule has 0 saturated heterocycles. The molecule has 192 valence electrons. The molecule has 0 unspecified atom stereocenters. The molecule has 0 heterocycles. The summed E-state index contributed by atoms with van der Waals surface area (Å²) in [4.78, 5) is 51.4. The van der Waals surface area contributed by atoms with Gasteiger partial charge in [-0.3, -0.25) is 19.2 Å². The average Bonchev–Trinajstić information content (AvgIpc) is 2.83. The zero-order valence-electron chi connectivity index (χ0n) is 22.2. The van der Waals surface area contributed by atoms with E-state index in [4.69, 9.17) is 9.47 Å². The van der Waals surface area contributed by atoms with Gasteiger partial charge in [-0.15, -0.1) is 0 Å². The minimum Gasteiger partial charge on any atom is -0.466 e. The maximum absolute atomic E-state index is 13.6. The maximum atomic E-state index is 13.6. The Hall–Kier alpha value is -3.28. The zero-order valence-corrected chi connectivity index (χ0v) is 22.2. The summed E-state index contributed by atoms with van der Waals surface area (Å²) in [7, 11) is 0. The zero-order chi connectivity index (χ0) is 26.7. The van der Waals surface area contributed by atoms with Crippen LogP contribution in [0.2, 0.25) is 0 Å². The quantitative estimate of drug-likeness (QED) is 0.337. The highest BCUT2D eigenvalue weighted by Gasteiger charge is 2.34. The molecule has 0 spiro atoms. The van der Waals surface area contributed by atoms with Crippen LogP contribution in [0.15, 0.2) is 36.4 Å². The number of ether oxygens (including phenoxy) is 2. The van der Waals surface area contributed by atoms with Crippen molar-refractivity contribution in [2.75, 3.05) is 13.2 Å². The molecule has 0 amide bonds. The standard InChI is InChI=1S/C30H36O6/c1-7-13-35-25(31)17-29(3,4)19-9-11-21-23(15-19)28(34)24-16-20(10-12-22(24)27(21)33)30(5,6)18-26(32)36-14-8-2/h9-12,15-16H,7-8,13-14,17-18H2,1-6H3. The fraction of sp³-hybridized carbons (Fsp3) is 0.467. The van der Waals surface area contributed by atoms with Gasteiger partial charge in [-0.1, -0.05) is 53.7 Å². The highest BCUT2D eigenvalue weighted by Crippen LogP contribution is 2.36. The van der Waals surface area contributed by atoms with Crippen molar-refractivity contribution < 1.29 is 28.7 Å². The Kier molecular flexibility index (Phi) is 8.17. The Bertz CT molecular complexity index is 1100. The molecule has 6 nitrogen and oxygen atoms in total. The molecule has 1 aliphatic rings. The van der Waals surface area contributed by atoms with E-state index in [9.17, 15) is 19.2 Å². The van der Waals surface area contributed by atoms with Gasteiger partial charge < -0.3 is 9.47 Å². The van der Waals surface area contributed by atoms with E-state index in [1.807, 2.05) is 53.7 Å². The first-order chi connectivity index (χ1) is 16.9. The molecular weight excluding hydrogens is 456 g/mol. The van der Waals surface area contributed by atoms with Crippen molar-refractivity contribution in [2.24, 2.45) is 0 Å². The predicted octanol–water partition coefficient (Wildman–Crippen LogP) is 5.70. The van der Waals surface area contributed by atoms with Crippen molar-refractivity contribution >= 4 is 23.5 Å². The van der Waals surface area contributed by atoms with Gasteiger partial charge in [0.1, 0.15) is 0 Å². The molecule has 0 atom stereocenters. The van der Waals surface area contributed by atoms with Crippen molar-refractivity contribution in [2.45, 2.75) is 78.1 Å². The van der Waals surface area contributed by atoms with Crippen LogP contribution in [0.5, 0.6) is 0 Å². The monoisotopic (exact) mass is 492 g/mol. The Morgan fingerprint density at radius 2 is 1.00 bits per heavy atom. The SMILES string of the molecule is CCCOC(=O)CC(C)(C)c1ccc2c(c1)C(=O)c1cc(C(C)(C)CC(=O)OCCC)ccc1C2=O. The summed E-state index contributed by atoms with van der Waals surface area (Å²) in [5.41, 5.74) is 1.79. The van der Waals surface area contributed by atoms with Crippen molar-refractivity contribution in [3.8, 4) is 0 Å². The van der Waals surface area contributed by atoms with Gasteiger partial charge in [-0.25, -0.2) is 0 Å². The largest absolute Gasteiger partial charge is 0.466 e. The summed E-state index contributed by atoms with van der Waals surface area (Å²) in [6.07, 6.45) is 1.83. The van der Waals surface area contributed by atoms with E-state index < -0.39 is 10.8 Å². The molecular formula is C30H36O6. The van der Waals surface area contributed by atoms with Crippen LogP contribution in [0, 0.1) is 0 Å². The van der Waals surface area contributed by atoms with Gasteiger partial charge in [0.2, 0.25) is 0 Å². The molecule has 3 rings (SSSR count). The van der Waals surface area contributed by atoms with E-state index in [-0.39, 0.29) is 36.3 Å². The molecule has 0 aliphatic heterocycles. The number of carbonyl (C=O) groups is 4. The average molecular weight is 493 g/mol. The van der Waals surface area contributed by atoms with Gasteiger partial charge in [-0.05, 0) is 48.2 Å². The van der Waals surface area contributed by atoms with E-state index in [0.717, 1.165) is 24.0 Å². The van der Waals surface area contributed by atoms with Crippen LogP contribution in [-0.2, 0) is 29.9 Å². The number of esters is 2. The summed E-state index contributed by atoms with van der Waals surface area (Å²) >= 11 is 0. The Morgan fingerprint density at radius 1 is 0.639 bits per heavy atom. The number of rotatable bonds is 10. The lowest BCUT2D eigenvalue weighted by atomic mass is 9.75. The van der Waals surface area contributed by atoms with Crippen LogP contribution >= 0.6 is 0 Å². The number of carbonyl (C=O) groups excluding carboxylic acids is 4. The molecule has 36 heavy (non-hydrogen) atoms. The van der Waals surface area contributed by atoms with Crippen molar-refractivity contribution in [1.29, 1.82) is 0 Å². The molecule has 2 aromatic rings. The topological polar surface area (TPSA) is 86.7 Å². The number of ketones is 2. The van der Waals surface area contributed by atoms with Gasteiger partial charge >= 0.3 is 11.9 Å². The first kappa shape index (κ1) is 27.3. The molecule has 0 aromatic heterocycles. The van der Waals surface area contributed by atoms with E-state index in [1.54, 1.807) is 24.3 Å². The van der Waals surface area contributed by atoms with E-state index in [2.05, 4.69) is 0 Å². The Morgan fingerprint density at radius 3 is 1.36 bits per heavy atom. The van der Waals surface area contributed by atoms with Crippen LogP contribution < -0.4 is 0 Å². The van der Waals surface area contributed by atoms with Gasteiger partial charge in [0.15, 0.2) is 11.6 Å². The molecule has 1 aliphatic carbocycles. The van der Waals surface area contributed by atoms with Crippen LogP contribution in [0.25, 0.3) is 0 Å². The number of fused-ring (bicyclic) bond motifs is 2. The second-order valence-electron chi connectivity index (χ2n) is 10.7. The fourth-order valence-corrected chi connectivity index (χ4v) is 4.45. The van der Waals surface area contributed by atoms with Gasteiger partial charge in [0.05, 0.1) is 26.1 Å². The lowest BCUT2D eigenvalue weighted by Gasteiger charge is -2.28. The highest BCUT2D eigenvalue weighted by atomic mass is 16.5. The second-order valence-corrected chi connectivity index (χ2v) is 10.7. The summed E-state index contributed by atoms with van der Waals surface area (Å²) < 4.78 is 10.5. The molecule has 0 saturated carbocycles. The third-order valence-electron chi connectivity index (χ3n) is 6.69. The molecule has 2 aromatic carbocycles. The molecule has 0 fully saturated rings. The normalized spacial score (nSPS) is 13.2. The van der Waals surface area contributed by atoms with Crippen molar-refractivity contribution in [1.82, 2.24) is 0 Å². The minimum absolute atomic E-state index is 0.164. The Balaban J connectivity index is 1.93. The van der Waals surface area contributed by atoms with Crippen LogP contribution in [0.3, 0.4) is 0 Å². The Labute approximate surface area is 213 Å². The minimum atomic E-state index is -0.577. The third-order valence-corrected chi connectivity index (χ3v) is 6.69. The van der Waals surface area contributed by atoms with Crippen molar-refractivity contribution in [3.63, 3.8) is 0 Å². The highest BCUT2D eigenvalue weighted by molar-refractivity contribution is 6.28. The van der Waals surface area contributed by atoms with Crippen molar-refractivity contribution in [3.05, 3.63) is 69.8 Å². The van der Waals surface area contributed by atoms with Gasteiger partial charge in [0, 0.05) is 33.1 Å². The fourth-order valence-electron chi connectivity index (χ4n) is 4.45. The van der Waals surface area contributed by atoms with E-state index in [0.29, 0.717) is 35.5 Å². The van der Waals surface area contributed by atoms with Crippen LogP contribution in [0.1, 0.15) is 110 Å². The summed E-state index contributed by atoms with van der Waals surface area (Å²) in [6.45, 7) is 12.3. The summed E-state index contributed by atoms with van der Waals surface area (Å²) in [6, 6.07) is 10.4. The lowest BCUT2D eigenvalue weighted by Crippen LogP contribution is -2.27. The van der Waals surface area contributed by atoms with Crippen LogP contribution in [-0.4, -0.2) is 36.7 Å². The third kappa shape index (κ3) is 5.75. The second kappa shape index (κ2) is 10.8. The number of hydrogen-bond donors (Lipinski definition) is 0. The first-order valence-electron chi connectivity index (χ1n) is 12.6. The smallest absolute Gasteiger partial charge is 0.306 e. The number of hydrogen-bond acceptors (Lipinski definition) is 6. The van der Waals surface area contributed by atoms with Gasteiger partial charge in [0.25, 0.3) is 0 Å². The van der Waals surface area contributed by atoms with E-state index in [1.165, 1.54) is 0 Å². The summed E-state index contributed by atoms with van der Waals surface area (Å²) in [5, 5.41) is 0. The van der Waals surface area contributed by atoms with E-state index >= 15 is 0 Å². The first-order valence-corrected chi connectivity index (χ1v) is 12.6. The van der Waals surface area contributed by atoms with Crippen LogP contribution in [0.4, 0.5) is 0 Å². The summed E-state index contributed by atoms with van der Waals surface area (Å²) in [5.74, 6) is -1.04. The molecule has 0 radical (unpaired) electrons. The molecule has 0 N–H and O–H groups in total. The maximum Gasteiger partial charge on any atom is 0.306 e. The molecule has 0 bridgehead atoms. The predicted molar refractivity (Wildman–Crippen MR) is 138 cm³/mol. The number of benzene rings is 2. The van der Waals surface area contributed by atoms with Gasteiger partial charge in [-0.2, -0.15) is 0 Å². The lowest BCUT2D eigenvalue weighted by molar-refractivity contribution is -0.145. The molecule has 6 heteroatoms.